The molecular weight excluding hydrogens is 166 g/mol. The number of phenolic OH excluding ortho intramolecular Hbond substituents is 1. The molecule has 3 nitrogen and oxygen atoms in total. The van der Waals surface area contributed by atoms with Crippen molar-refractivity contribution in [3.05, 3.63) is 28.8 Å². The normalized spacial score (nSPS) is 15.0. The maximum atomic E-state index is 11.4. The first-order chi connectivity index (χ1) is 6.20. The second-order valence-electron chi connectivity index (χ2n) is 3.26. The highest BCUT2D eigenvalue weighted by Crippen LogP contribution is 2.26. The summed E-state index contributed by atoms with van der Waals surface area (Å²) in [6.07, 6.45) is 0.807. The van der Waals surface area contributed by atoms with E-state index >= 15 is 0 Å². The van der Waals surface area contributed by atoms with E-state index in [4.69, 9.17) is 0 Å². The minimum Gasteiger partial charge on any atom is -0.507 e. The summed E-state index contributed by atoms with van der Waals surface area (Å²) in [7, 11) is 0. The number of phenols is 1. The summed E-state index contributed by atoms with van der Waals surface area (Å²) in [5, 5.41) is 12.2. The Bertz CT molecular complexity index is 371. The molecule has 0 aromatic heterocycles. The molecule has 13 heavy (non-hydrogen) atoms. The third-order valence-corrected chi connectivity index (χ3v) is 2.41. The number of hydrogen-bond donors (Lipinski definition) is 2. The van der Waals surface area contributed by atoms with Crippen LogP contribution in [0.3, 0.4) is 0 Å². The van der Waals surface area contributed by atoms with Gasteiger partial charge in [0.15, 0.2) is 0 Å². The summed E-state index contributed by atoms with van der Waals surface area (Å²) in [5.41, 5.74) is 2.50. The number of aromatic hydroxyl groups is 1. The molecule has 0 bridgehead atoms. The third kappa shape index (κ3) is 1.16. The van der Waals surface area contributed by atoms with Gasteiger partial charge in [0.2, 0.25) is 0 Å². The van der Waals surface area contributed by atoms with Gasteiger partial charge in [-0.3, -0.25) is 4.79 Å². The number of rotatable bonds is 0. The largest absolute Gasteiger partial charge is 0.507 e. The first-order valence-corrected chi connectivity index (χ1v) is 4.30. The fourth-order valence-electron chi connectivity index (χ4n) is 1.70. The second-order valence-corrected chi connectivity index (χ2v) is 3.26. The fourth-order valence-corrected chi connectivity index (χ4v) is 1.70. The number of hydrogen-bond acceptors (Lipinski definition) is 2. The molecule has 1 heterocycles. The van der Waals surface area contributed by atoms with E-state index in [0.29, 0.717) is 12.1 Å². The zero-order valence-electron chi connectivity index (χ0n) is 7.42. The van der Waals surface area contributed by atoms with Gasteiger partial charge in [0.25, 0.3) is 5.91 Å². The lowest BCUT2D eigenvalue weighted by atomic mass is 9.95. The lowest BCUT2D eigenvalue weighted by molar-refractivity contribution is 0.0943. The topological polar surface area (TPSA) is 49.3 Å². The molecule has 0 radical (unpaired) electrons. The smallest absolute Gasteiger partial charge is 0.255 e. The van der Waals surface area contributed by atoms with Crippen LogP contribution in [0.5, 0.6) is 5.75 Å². The highest BCUT2D eigenvalue weighted by Gasteiger charge is 2.21. The second kappa shape index (κ2) is 2.76. The van der Waals surface area contributed by atoms with Crippen LogP contribution in [-0.4, -0.2) is 17.6 Å². The molecule has 68 valence electrons. The van der Waals surface area contributed by atoms with E-state index in [9.17, 15) is 9.90 Å². The number of aryl methyl sites for hydroxylation is 1. The first-order valence-electron chi connectivity index (χ1n) is 4.30. The zero-order chi connectivity index (χ0) is 9.42. The monoisotopic (exact) mass is 177 g/mol. The van der Waals surface area contributed by atoms with E-state index < -0.39 is 0 Å². The van der Waals surface area contributed by atoms with Crippen LogP contribution in [-0.2, 0) is 6.42 Å². The van der Waals surface area contributed by atoms with E-state index in [2.05, 4.69) is 5.32 Å². The van der Waals surface area contributed by atoms with Crippen LogP contribution in [0.15, 0.2) is 12.1 Å². The standard InChI is InChI=1S/C10H11NO2/c1-6-2-3-8(12)9-7(6)4-5-11-10(9)13/h2-3,12H,4-5H2,1H3,(H,11,13). The minimum atomic E-state index is -0.164. The lowest BCUT2D eigenvalue weighted by Crippen LogP contribution is -2.32. The van der Waals surface area contributed by atoms with E-state index in [1.807, 2.05) is 13.0 Å². The number of benzene rings is 1. The molecule has 1 aliphatic heterocycles. The SMILES string of the molecule is Cc1ccc(O)c2c1CCNC2=O. The van der Waals surface area contributed by atoms with E-state index in [0.717, 1.165) is 17.5 Å². The minimum absolute atomic E-state index is 0.0813. The summed E-state index contributed by atoms with van der Waals surface area (Å²) in [5.74, 6) is -0.0831. The number of carbonyl (C=O) groups is 1. The van der Waals surface area contributed by atoms with E-state index in [1.165, 1.54) is 0 Å². The summed E-state index contributed by atoms with van der Waals surface area (Å²) >= 11 is 0. The molecule has 2 rings (SSSR count). The molecule has 1 aliphatic rings. The molecule has 0 saturated carbocycles. The number of carbonyl (C=O) groups excluding carboxylic acids is 1. The van der Waals surface area contributed by atoms with Gasteiger partial charge in [-0.05, 0) is 30.5 Å². The Morgan fingerprint density at radius 1 is 1.46 bits per heavy atom. The zero-order valence-corrected chi connectivity index (χ0v) is 7.42. The quantitative estimate of drug-likeness (QED) is 0.620. The van der Waals surface area contributed by atoms with Crippen molar-refractivity contribution in [2.45, 2.75) is 13.3 Å². The van der Waals surface area contributed by atoms with Gasteiger partial charge < -0.3 is 10.4 Å². The van der Waals surface area contributed by atoms with Gasteiger partial charge >= 0.3 is 0 Å². The molecule has 0 saturated heterocycles. The van der Waals surface area contributed by atoms with E-state index in [-0.39, 0.29) is 11.7 Å². The van der Waals surface area contributed by atoms with Crippen LogP contribution in [0.4, 0.5) is 0 Å². The Balaban J connectivity index is 2.67. The Labute approximate surface area is 76.4 Å². The van der Waals surface area contributed by atoms with Gasteiger partial charge in [0.05, 0.1) is 5.56 Å². The Morgan fingerprint density at radius 2 is 2.23 bits per heavy atom. The maximum absolute atomic E-state index is 11.4. The molecule has 0 fully saturated rings. The highest BCUT2D eigenvalue weighted by molar-refractivity contribution is 5.99. The Kier molecular flexibility index (Phi) is 1.72. The predicted octanol–water partition coefficient (Wildman–Crippen LogP) is 0.987. The van der Waals surface area contributed by atoms with Crippen LogP contribution in [0.25, 0.3) is 0 Å². The van der Waals surface area contributed by atoms with Crippen LogP contribution < -0.4 is 5.32 Å². The Morgan fingerprint density at radius 3 is 2.92 bits per heavy atom. The van der Waals surface area contributed by atoms with Gasteiger partial charge in [-0.2, -0.15) is 0 Å². The van der Waals surface area contributed by atoms with Gasteiger partial charge in [0, 0.05) is 6.54 Å². The average molecular weight is 177 g/mol. The molecular formula is C10H11NO2. The van der Waals surface area contributed by atoms with Crippen LogP contribution in [0, 0.1) is 6.92 Å². The van der Waals surface area contributed by atoms with Gasteiger partial charge in [-0.1, -0.05) is 6.07 Å². The van der Waals surface area contributed by atoms with Gasteiger partial charge in [-0.25, -0.2) is 0 Å². The van der Waals surface area contributed by atoms with Crippen molar-refractivity contribution in [1.29, 1.82) is 0 Å². The lowest BCUT2D eigenvalue weighted by Gasteiger charge is -2.19. The predicted molar refractivity (Wildman–Crippen MR) is 48.9 cm³/mol. The van der Waals surface area contributed by atoms with Crippen molar-refractivity contribution in [1.82, 2.24) is 5.32 Å². The van der Waals surface area contributed by atoms with E-state index in [1.54, 1.807) is 6.07 Å². The van der Waals surface area contributed by atoms with Gasteiger partial charge in [-0.15, -0.1) is 0 Å². The molecule has 1 amide bonds. The average Bonchev–Trinajstić information content (AvgIpc) is 2.12. The summed E-state index contributed by atoms with van der Waals surface area (Å²) < 4.78 is 0. The van der Waals surface area contributed by atoms with Crippen molar-refractivity contribution < 1.29 is 9.90 Å². The number of fused-ring (bicyclic) bond motifs is 1. The third-order valence-electron chi connectivity index (χ3n) is 2.41. The van der Waals surface area contributed by atoms with Gasteiger partial charge in [0.1, 0.15) is 5.75 Å². The summed E-state index contributed by atoms with van der Waals surface area (Å²) in [6.45, 7) is 2.62. The number of amides is 1. The Hall–Kier alpha value is -1.51. The molecule has 0 spiro atoms. The molecule has 1 aromatic carbocycles. The molecule has 2 N–H and O–H groups in total. The first kappa shape index (κ1) is 8.10. The van der Waals surface area contributed by atoms with Crippen LogP contribution in [0.1, 0.15) is 21.5 Å². The highest BCUT2D eigenvalue weighted by atomic mass is 16.3. The van der Waals surface area contributed by atoms with Crippen LogP contribution in [0.2, 0.25) is 0 Å². The molecule has 0 atom stereocenters. The van der Waals surface area contributed by atoms with Crippen molar-refractivity contribution in [3.8, 4) is 5.75 Å². The number of nitrogens with one attached hydrogen (secondary N) is 1. The summed E-state index contributed by atoms with van der Waals surface area (Å²) in [6, 6.07) is 3.41. The molecule has 3 heteroatoms. The maximum Gasteiger partial charge on any atom is 0.255 e. The molecule has 0 aliphatic carbocycles. The van der Waals surface area contributed by atoms with Crippen molar-refractivity contribution in [3.63, 3.8) is 0 Å². The van der Waals surface area contributed by atoms with Crippen molar-refractivity contribution >= 4 is 5.91 Å². The van der Waals surface area contributed by atoms with Crippen molar-refractivity contribution in [2.24, 2.45) is 0 Å². The van der Waals surface area contributed by atoms with Crippen LogP contribution >= 0.6 is 0 Å². The summed E-state index contributed by atoms with van der Waals surface area (Å²) in [4.78, 5) is 11.4. The molecule has 1 aromatic rings. The fraction of sp³-hybridized carbons (Fsp3) is 0.300. The molecule has 0 unspecified atom stereocenters. The van der Waals surface area contributed by atoms with Crippen molar-refractivity contribution in [2.75, 3.05) is 6.54 Å².